The molecule has 1 saturated heterocycles. The third-order valence-electron chi connectivity index (χ3n) is 4.27. The zero-order chi connectivity index (χ0) is 17.9. The molecule has 0 amide bonds. The Morgan fingerprint density at radius 1 is 1.12 bits per heavy atom. The summed E-state index contributed by atoms with van der Waals surface area (Å²) in [7, 11) is -1.49. The van der Waals surface area contributed by atoms with E-state index in [1.54, 1.807) is 28.8 Å². The van der Waals surface area contributed by atoms with E-state index in [9.17, 15) is 8.42 Å². The van der Waals surface area contributed by atoms with Gasteiger partial charge in [0, 0.05) is 38.9 Å². The summed E-state index contributed by atoms with van der Waals surface area (Å²) in [6.45, 7) is 4.77. The first-order valence-corrected chi connectivity index (χ1v) is 9.70. The SMILES string of the molecule is Cc1cncc(NCc2ccccc2S(=O)(=O)N2CCN(C)CC2)n1. The van der Waals surface area contributed by atoms with E-state index in [0.717, 1.165) is 24.3 Å². The number of hydrogen-bond acceptors (Lipinski definition) is 6. The third kappa shape index (κ3) is 4.15. The Morgan fingerprint density at radius 2 is 1.84 bits per heavy atom. The van der Waals surface area contributed by atoms with Crippen LogP contribution in [-0.4, -0.2) is 60.8 Å². The Balaban J connectivity index is 1.80. The molecule has 2 heterocycles. The summed E-state index contributed by atoms with van der Waals surface area (Å²) in [6, 6.07) is 7.12. The van der Waals surface area contributed by atoms with Crippen LogP contribution in [0.5, 0.6) is 0 Å². The molecule has 134 valence electrons. The Labute approximate surface area is 148 Å². The number of piperazine rings is 1. The maximum absolute atomic E-state index is 13.0. The van der Waals surface area contributed by atoms with Crippen LogP contribution in [0.25, 0.3) is 0 Å². The van der Waals surface area contributed by atoms with E-state index < -0.39 is 10.0 Å². The average molecular weight is 361 g/mol. The molecule has 8 heteroatoms. The lowest BCUT2D eigenvalue weighted by Crippen LogP contribution is -2.47. The summed E-state index contributed by atoms with van der Waals surface area (Å²) >= 11 is 0. The number of hydrogen-bond donors (Lipinski definition) is 1. The van der Waals surface area contributed by atoms with Crippen LogP contribution in [0.4, 0.5) is 5.82 Å². The molecule has 1 aromatic carbocycles. The molecule has 1 N–H and O–H groups in total. The van der Waals surface area contributed by atoms with Gasteiger partial charge in [0.1, 0.15) is 5.82 Å². The number of likely N-dealkylation sites (N-methyl/N-ethyl adjacent to an activating group) is 1. The van der Waals surface area contributed by atoms with Crippen molar-refractivity contribution >= 4 is 15.8 Å². The zero-order valence-corrected chi connectivity index (χ0v) is 15.3. The number of rotatable bonds is 5. The topological polar surface area (TPSA) is 78.4 Å². The molecule has 0 radical (unpaired) electrons. The average Bonchev–Trinajstić information content (AvgIpc) is 2.61. The highest BCUT2D eigenvalue weighted by Crippen LogP contribution is 2.22. The van der Waals surface area contributed by atoms with Gasteiger partial charge in [0.15, 0.2) is 0 Å². The first kappa shape index (κ1) is 17.8. The van der Waals surface area contributed by atoms with Gasteiger partial charge in [-0.3, -0.25) is 4.98 Å². The third-order valence-corrected chi connectivity index (χ3v) is 6.27. The van der Waals surface area contributed by atoms with Crippen molar-refractivity contribution in [2.24, 2.45) is 0 Å². The fraction of sp³-hybridized carbons (Fsp3) is 0.412. The zero-order valence-electron chi connectivity index (χ0n) is 14.5. The highest BCUT2D eigenvalue weighted by Gasteiger charge is 2.29. The summed E-state index contributed by atoms with van der Waals surface area (Å²) < 4.78 is 27.6. The van der Waals surface area contributed by atoms with Gasteiger partial charge >= 0.3 is 0 Å². The van der Waals surface area contributed by atoms with Gasteiger partial charge < -0.3 is 10.2 Å². The summed E-state index contributed by atoms with van der Waals surface area (Å²) in [6.07, 6.45) is 3.31. The van der Waals surface area contributed by atoms with Crippen molar-refractivity contribution in [2.75, 3.05) is 38.5 Å². The van der Waals surface area contributed by atoms with Crippen molar-refractivity contribution in [1.82, 2.24) is 19.2 Å². The quantitative estimate of drug-likeness (QED) is 0.866. The lowest BCUT2D eigenvalue weighted by atomic mass is 10.2. The van der Waals surface area contributed by atoms with E-state index in [1.807, 2.05) is 26.1 Å². The molecule has 0 spiro atoms. The van der Waals surface area contributed by atoms with Gasteiger partial charge in [0.2, 0.25) is 10.0 Å². The summed E-state index contributed by atoms with van der Waals surface area (Å²) in [5, 5.41) is 3.16. The molecular weight excluding hydrogens is 338 g/mol. The summed E-state index contributed by atoms with van der Waals surface area (Å²) in [5.41, 5.74) is 1.54. The van der Waals surface area contributed by atoms with Crippen LogP contribution in [0.3, 0.4) is 0 Å². The molecule has 0 bridgehead atoms. The van der Waals surface area contributed by atoms with Gasteiger partial charge in [-0.15, -0.1) is 0 Å². The highest BCUT2D eigenvalue weighted by molar-refractivity contribution is 7.89. The minimum absolute atomic E-state index is 0.354. The standard InChI is InChI=1S/C17H23N5O2S/c1-14-11-18-13-17(20-14)19-12-15-5-3-4-6-16(15)25(23,24)22-9-7-21(2)8-10-22/h3-6,11,13H,7-10,12H2,1-2H3,(H,19,20). The van der Waals surface area contributed by atoms with E-state index in [1.165, 1.54) is 0 Å². The second-order valence-electron chi connectivity index (χ2n) is 6.21. The number of aryl methyl sites for hydroxylation is 1. The fourth-order valence-electron chi connectivity index (χ4n) is 2.80. The second kappa shape index (κ2) is 7.47. The number of nitrogens with one attached hydrogen (secondary N) is 1. The number of anilines is 1. The Morgan fingerprint density at radius 3 is 2.56 bits per heavy atom. The first-order chi connectivity index (χ1) is 12.0. The molecule has 3 rings (SSSR count). The van der Waals surface area contributed by atoms with Crippen molar-refractivity contribution in [3.8, 4) is 0 Å². The van der Waals surface area contributed by atoms with Crippen LogP contribution in [0, 0.1) is 6.92 Å². The van der Waals surface area contributed by atoms with Crippen LogP contribution in [0.2, 0.25) is 0 Å². The first-order valence-electron chi connectivity index (χ1n) is 8.26. The van der Waals surface area contributed by atoms with E-state index in [2.05, 4.69) is 20.2 Å². The minimum atomic E-state index is -3.50. The van der Waals surface area contributed by atoms with E-state index >= 15 is 0 Å². The summed E-state index contributed by atoms with van der Waals surface area (Å²) in [4.78, 5) is 10.9. The molecule has 1 aromatic heterocycles. The van der Waals surface area contributed by atoms with Crippen LogP contribution in [-0.2, 0) is 16.6 Å². The molecule has 0 unspecified atom stereocenters. The molecule has 7 nitrogen and oxygen atoms in total. The molecule has 0 saturated carbocycles. The van der Waals surface area contributed by atoms with Crippen LogP contribution < -0.4 is 5.32 Å². The Kier molecular flexibility index (Phi) is 5.31. The van der Waals surface area contributed by atoms with E-state index in [4.69, 9.17) is 0 Å². The lowest BCUT2D eigenvalue weighted by Gasteiger charge is -2.32. The van der Waals surface area contributed by atoms with Crippen LogP contribution >= 0.6 is 0 Å². The lowest BCUT2D eigenvalue weighted by molar-refractivity contribution is 0.222. The van der Waals surface area contributed by atoms with Gasteiger partial charge in [0.25, 0.3) is 0 Å². The van der Waals surface area contributed by atoms with Gasteiger partial charge in [-0.25, -0.2) is 13.4 Å². The molecule has 2 aromatic rings. The largest absolute Gasteiger partial charge is 0.365 e. The molecular formula is C17H23N5O2S. The van der Waals surface area contributed by atoms with Crippen molar-refractivity contribution < 1.29 is 8.42 Å². The molecule has 1 fully saturated rings. The fourth-order valence-corrected chi connectivity index (χ4v) is 4.45. The predicted molar refractivity (Wildman–Crippen MR) is 96.8 cm³/mol. The molecule has 0 aliphatic carbocycles. The Hall–Kier alpha value is -2.03. The van der Waals surface area contributed by atoms with Crippen molar-refractivity contribution in [2.45, 2.75) is 18.4 Å². The number of benzene rings is 1. The van der Waals surface area contributed by atoms with Gasteiger partial charge in [-0.1, -0.05) is 18.2 Å². The second-order valence-corrected chi connectivity index (χ2v) is 8.12. The monoisotopic (exact) mass is 361 g/mol. The Bertz CT molecular complexity index is 832. The van der Waals surface area contributed by atoms with Crippen molar-refractivity contribution in [3.63, 3.8) is 0 Å². The normalized spacial score (nSPS) is 16.7. The minimum Gasteiger partial charge on any atom is -0.365 e. The van der Waals surface area contributed by atoms with E-state index in [-0.39, 0.29) is 0 Å². The molecule has 1 aliphatic rings. The number of aromatic nitrogens is 2. The number of sulfonamides is 1. The van der Waals surface area contributed by atoms with Crippen LogP contribution in [0.1, 0.15) is 11.3 Å². The van der Waals surface area contributed by atoms with Crippen LogP contribution in [0.15, 0.2) is 41.6 Å². The van der Waals surface area contributed by atoms with Crippen molar-refractivity contribution in [1.29, 1.82) is 0 Å². The smallest absolute Gasteiger partial charge is 0.243 e. The van der Waals surface area contributed by atoms with E-state index in [0.29, 0.717) is 30.3 Å². The molecule has 1 aliphatic heterocycles. The maximum Gasteiger partial charge on any atom is 0.243 e. The highest BCUT2D eigenvalue weighted by atomic mass is 32.2. The van der Waals surface area contributed by atoms with Gasteiger partial charge in [0.05, 0.1) is 16.8 Å². The van der Waals surface area contributed by atoms with Crippen molar-refractivity contribution in [3.05, 3.63) is 47.9 Å². The predicted octanol–water partition coefficient (Wildman–Crippen LogP) is 1.33. The van der Waals surface area contributed by atoms with Gasteiger partial charge in [-0.05, 0) is 25.6 Å². The summed E-state index contributed by atoms with van der Waals surface area (Å²) in [5.74, 6) is 0.631. The number of nitrogens with zero attached hydrogens (tertiary/aromatic N) is 4. The molecule has 0 atom stereocenters. The van der Waals surface area contributed by atoms with Gasteiger partial charge in [-0.2, -0.15) is 4.31 Å². The maximum atomic E-state index is 13.0. The molecule has 25 heavy (non-hydrogen) atoms.